The molecule has 0 aliphatic rings. The first-order valence-electron chi connectivity index (χ1n) is 10.6. The molecule has 3 aromatic rings. The third-order valence-electron chi connectivity index (χ3n) is 4.52. The van der Waals surface area contributed by atoms with Crippen molar-refractivity contribution in [3.05, 3.63) is 105 Å². The predicted molar refractivity (Wildman–Crippen MR) is 136 cm³/mol. The Labute approximate surface area is 208 Å². The van der Waals surface area contributed by atoms with Gasteiger partial charge in [0.05, 0.1) is 17.8 Å². The van der Waals surface area contributed by atoms with Crippen LogP contribution in [-0.4, -0.2) is 24.6 Å². The minimum absolute atomic E-state index is 0.0235. The number of ether oxygens (including phenoxy) is 1. The van der Waals surface area contributed by atoms with Gasteiger partial charge in [-0.15, -0.1) is 0 Å². The topological polar surface area (TPSA) is 79.8 Å². The van der Waals surface area contributed by atoms with Crippen molar-refractivity contribution in [3.8, 4) is 5.75 Å². The van der Waals surface area contributed by atoms with Crippen LogP contribution in [0.4, 0.5) is 0 Å². The third kappa shape index (κ3) is 7.47. The van der Waals surface area contributed by atoms with Crippen molar-refractivity contribution in [2.24, 2.45) is 5.10 Å². The Morgan fingerprint density at radius 1 is 1.00 bits per heavy atom. The fourth-order valence-corrected chi connectivity index (χ4v) is 3.27. The number of hydrazone groups is 1. The van der Waals surface area contributed by atoms with Crippen LogP contribution in [0.25, 0.3) is 6.08 Å². The Morgan fingerprint density at radius 3 is 2.41 bits per heavy atom. The zero-order chi connectivity index (χ0) is 24.3. The van der Waals surface area contributed by atoms with E-state index < -0.39 is 11.8 Å². The molecule has 6 nitrogen and oxygen atoms in total. The number of rotatable bonds is 9. The molecule has 0 spiro atoms. The molecule has 0 aromatic heterocycles. The number of halogens is 2. The SMILES string of the molecule is CCCOc1ccc(/C=C(\NC(=O)c2ccccc2)C(=O)N/N=C/c2ccc(Cl)cc2Cl)cc1. The molecule has 0 aliphatic carbocycles. The number of nitrogens with one attached hydrogen (secondary N) is 2. The van der Waals surface area contributed by atoms with Gasteiger partial charge < -0.3 is 10.1 Å². The molecule has 0 saturated carbocycles. The van der Waals surface area contributed by atoms with Gasteiger partial charge in [-0.05, 0) is 54.5 Å². The summed E-state index contributed by atoms with van der Waals surface area (Å²) >= 11 is 12.0. The maximum Gasteiger partial charge on any atom is 0.287 e. The van der Waals surface area contributed by atoms with Gasteiger partial charge in [0.1, 0.15) is 11.4 Å². The van der Waals surface area contributed by atoms with Crippen LogP contribution in [0, 0.1) is 0 Å². The highest BCUT2D eigenvalue weighted by Gasteiger charge is 2.14. The highest BCUT2D eigenvalue weighted by atomic mass is 35.5. The van der Waals surface area contributed by atoms with E-state index in [2.05, 4.69) is 15.8 Å². The minimum Gasteiger partial charge on any atom is -0.494 e. The van der Waals surface area contributed by atoms with Crippen molar-refractivity contribution in [2.45, 2.75) is 13.3 Å². The van der Waals surface area contributed by atoms with E-state index in [0.29, 0.717) is 33.3 Å². The van der Waals surface area contributed by atoms with Crippen LogP contribution >= 0.6 is 23.2 Å². The molecule has 3 aromatic carbocycles. The molecule has 174 valence electrons. The van der Waals surface area contributed by atoms with Gasteiger partial charge >= 0.3 is 0 Å². The van der Waals surface area contributed by atoms with Crippen molar-refractivity contribution < 1.29 is 14.3 Å². The van der Waals surface area contributed by atoms with Gasteiger partial charge in [-0.2, -0.15) is 5.10 Å². The molecule has 8 heteroatoms. The van der Waals surface area contributed by atoms with Gasteiger partial charge in [0.15, 0.2) is 0 Å². The fraction of sp³-hybridized carbons (Fsp3) is 0.115. The number of amides is 2. The molecule has 0 radical (unpaired) electrons. The summed E-state index contributed by atoms with van der Waals surface area (Å²) in [5.41, 5.74) is 4.14. The lowest BCUT2D eigenvalue weighted by molar-refractivity contribution is -0.117. The fourth-order valence-electron chi connectivity index (χ4n) is 2.82. The molecule has 2 amide bonds. The summed E-state index contributed by atoms with van der Waals surface area (Å²) < 4.78 is 5.59. The van der Waals surface area contributed by atoms with E-state index >= 15 is 0 Å². The van der Waals surface area contributed by atoms with E-state index in [9.17, 15) is 9.59 Å². The van der Waals surface area contributed by atoms with E-state index in [4.69, 9.17) is 27.9 Å². The van der Waals surface area contributed by atoms with Gasteiger partial charge in [0, 0.05) is 16.1 Å². The summed E-state index contributed by atoms with van der Waals surface area (Å²) in [5.74, 6) is -0.297. The van der Waals surface area contributed by atoms with Crippen LogP contribution < -0.4 is 15.5 Å². The zero-order valence-electron chi connectivity index (χ0n) is 18.4. The van der Waals surface area contributed by atoms with Gasteiger partial charge in [0.2, 0.25) is 0 Å². The van der Waals surface area contributed by atoms with Crippen LogP contribution in [0.15, 0.2) is 83.6 Å². The van der Waals surface area contributed by atoms with Crippen LogP contribution in [0.3, 0.4) is 0 Å². The van der Waals surface area contributed by atoms with Gasteiger partial charge in [-0.1, -0.05) is 66.5 Å². The lowest BCUT2D eigenvalue weighted by atomic mass is 10.1. The molecule has 34 heavy (non-hydrogen) atoms. The molecule has 0 unspecified atom stereocenters. The van der Waals surface area contributed by atoms with Crippen molar-refractivity contribution in [1.82, 2.24) is 10.7 Å². The highest BCUT2D eigenvalue weighted by molar-refractivity contribution is 6.36. The summed E-state index contributed by atoms with van der Waals surface area (Å²) in [6, 6.07) is 20.7. The van der Waals surface area contributed by atoms with E-state index in [1.807, 2.05) is 6.92 Å². The Hall–Kier alpha value is -3.61. The average molecular weight is 496 g/mol. The summed E-state index contributed by atoms with van der Waals surface area (Å²) in [4.78, 5) is 25.5. The largest absolute Gasteiger partial charge is 0.494 e. The summed E-state index contributed by atoms with van der Waals surface area (Å²) in [7, 11) is 0. The average Bonchev–Trinajstić information content (AvgIpc) is 2.85. The Morgan fingerprint density at radius 2 is 1.74 bits per heavy atom. The first-order chi connectivity index (χ1) is 16.5. The molecule has 2 N–H and O–H groups in total. The van der Waals surface area contributed by atoms with Crippen molar-refractivity contribution >= 4 is 47.3 Å². The molecular formula is C26H23Cl2N3O3. The van der Waals surface area contributed by atoms with Gasteiger partial charge in [0.25, 0.3) is 11.8 Å². The number of hydrogen-bond donors (Lipinski definition) is 2. The second kappa shape index (κ2) is 12.6. The number of benzene rings is 3. The van der Waals surface area contributed by atoms with Crippen molar-refractivity contribution in [2.75, 3.05) is 6.61 Å². The first kappa shape index (κ1) is 25.0. The second-order valence-corrected chi connectivity index (χ2v) is 8.00. The second-order valence-electron chi connectivity index (χ2n) is 7.16. The van der Waals surface area contributed by atoms with Crippen LogP contribution in [0.5, 0.6) is 5.75 Å². The van der Waals surface area contributed by atoms with Crippen molar-refractivity contribution in [3.63, 3.8) is 0 Å². The number of carbonyl (C=O) groups is 2. The maximum atomic E-state index is 12.9. The molecule has 0 saturated heterocycles. The molecule has 0 atom stereocenters. The quantitative estimate of drug-likeness (QED) is 0.227. The first-order valence-corrected chi connectivity index (χ1v) is 11.3. The van der Waals surface area contributed by atoms with Crippen LogP contribution in [0.2, 0.25) is 10.0 Å². The highest BCUT2D eigenvalue weighted by Crippen LogP contribution is 2.19. The monoisotopic (exact) mass is 495 g/mol. The Balaban J connectivity index is 1.79. The number of hydrogen-bond acceptors (Lipinski definition) is 4. The van der Waals surface area contributed by atoms with E-state index in [-0.39, 0.29) is 5.70 Å². The third-order valence-corrected chi connectivity index (χ3v) is 5.09. The summed E-state index contributed by atoms with van der Waals surface area (Å²) in [6.07, 6.45) is 3.86. The summed E-state index contributed by atoms with van der Waals surface area (Å²) in [5, 5.41) is 7.50. The smallest absolute Gasteiger partial charge is 0.287 e. The standard InChI is InChI=1S/C26H23Cl2N3O3/c1-2-14-34-22-12-8-18(9-13-22)15-24(30-25(32)19-6-4-3-5-7-19)26(33)31-29-17-20-10-11-21(27)16-23(20)28/h3-13,15-17H,2,14H2,1H3,(H,30,32)(H,31,33)/b24-15-,29-17+. The summed E-state index contributed by atoms with van der Waals surface area (Å²) in [6.45, 7) is 2.65. The van der Waals surface area contributed by atoms with E-state index in [1.54, 1.807) is 78.9 Å². The number of nitrogens with zero attached hydrogens (tertiary/aromatic N) is 1. The van der Waals surface area contributed by atoms with Crippen LogP contribution in [-0.2, 0) is 4.79 Å². The maximum absolute atomic E-state index is 12.9. The lowest BCUT2D eigenvalue weighted by Gasteiger charge is -2.10. The molecule has 3 rings (SSSR count). The normalized spacial score (nSPS) is 11.3. The molecule has 0 aliphatic heterocycles. The lowest BCUT2D eigenvalue weighted by Crippen LogP contribution is -2.32. The van der Waals surface area contributed by atoms with Crippen molar-refractivity contribution in [1.29, 1.82) is 0 Å². The Bertz CT molecular complexity index is 1190. The van der Waals surface area contributed by atoms with Gasteiger partial charge in [-0.3, -0.25) is 9.59 Å². The minimum atomic E-state index is -0.600. The molecule has 0 fully saturated rings. The molecule has 0 bridgehead atoms. The van der Waals surface area contributed by atoms with Gasteiger partial charge in [-0.25, -0.2) is 5.43 Å². The Kier molecular flexibility index (Phi) is 9.26. The number of carbonyl (C=O) groups excluding carboxylic acids is 2. The van der Waals surface area contributed by atoms with E-state index in [0.717, 1.165) is 12.2 Å². The zero-order valence-corrected chi connectivity index (χ0v) is 19.9. The van der Waals surface area contributed by atoms with Crippen LogP contribution in [0.1, 0.15) is 34.8 Å². The predicted octanol–water partition coefficient (Wildman–Crippen LogP) is 5.70. The molecular weight excluding hydrogens is 473 g/mol. The molecule has 0 heterocycles. The van der Waals surface area contributed by atoms with E-state index in [1.165, 1.54) is 6.21 Å².